The van der Waals surface area contributed by atoms with Crippen LogP contribution in [-0.4, -0.2) is 53.3 Å². The summed E-state index contributed by atoms with van der Waals surface area (Å²) in [6.45, 7) is 10.7. The third-order valence-corrected chi connectivity index (χ3v) is 4.15. The van der Waals surface area contributed by atoms with Crippen molar-refractivity contribution in [1.82, 2.24) is 16.0 Å². The van der Waals surface area contributed by atoms with Crippen molar-refractivity contribution in [3.8, 4) is 0 Å². The number of alkyl carbamates (subject to hydrolysis) is 1. The van der Waals surface area contributed by atoms with Gasteiger partial charge in [0.25, 0.3) is 0 Å². The van der Waals surface area contributed by atoms with Crippen LogP contribution in [-0.2, 0) is 14.3 Å². The van der Waals surface area contributed by atoms with Gasteiger partial charge in [0.05, 0.1) is 12.6 Å². The average Bonchev–Trinajstić information content (AvgIpc) is 2.59. The van der Waals surface area contributed by atoms with Gasteiger partial charge in [-0.2, -0.15) is 0 Å². The van der Waals surface area contributed by atoms with Crippen LogP contribution in [0.15, 0.2) is 23.8 Å². The Kier molecular flexibility index (Phi) is 9.36. The summed E-state index contributed by atoms with van der Waals surface area (Å²) in [7, 11) is 0. The molecule has 0 bridgehead atoms. The molecule has 1 rings (SSSR count). The van der Waals surface area contributed by atoms with Crippen LogP contribution in [0.3, 0.4) is 0 Å². The number of hydrogen-bond donors (Lipinski definition) is 4. The molecule has 3 amide bonds. The largest absolute Gasteiger partial charge is 0.444 e. The molecule has 0 spiro atoms. The standard InChI is InChI=1S/C21H35N3O5/c1-13(2)11-17(24-20(28)29-21(4,5)6)19(27)22-14(3)18(26)23-16-9-7-15(12-25)8-10-16/h7-9,13-14,16-17,25H,10-12H2,1-6H3,(H,22,27)(H,23,26)(H,24,28)/t14-,16?,17-/m0/s1. The topological polar surface area (TPSA) is 117 Å². The van der Waals surface area contributed by atoms with Crippen molar-refractivity contribution in [3.63, 3.8) is 0 Å². The van der Waals surface area contributed by atoms with Gasteiger partial charge in [-0.15, -0.1) is 0 Å². The molecule has 8 nitrogen and oxygen atoms in total. The predicted octanol–water partition coefficient (Wildman–Crippen LogP) is 1.79. The molecule has 29 heavy (non-hydrogen) atoms. The van der Waals surface area contributed by atoms with E-state index in [2.05, 4.69) is 16.0 Å². The lowest BCUT2D eigenvalue weighted by atomic mass is 10.0. The molecule has 0 aromatic carbocycles. The third-order valence-electron chi connectivity index (χ3n) is 4.15. The van der Waals surface area contributed by atoms with Crippen LogP contribution in [0.25, 0.3) is 0 Å². The van der Waals surface area contributed by atoms with E-state index in [1.165, 1.54) is 0 Å². The van der Waals surface area contributed by atoms with Gasteiger partial charge >= 0.3 is 6.09 Å². The quantitative estimate of drug-likeness (QED) is 0.488. The van der Waals surface area contributed by atoms with E-state index >= 15 is 0 Å². The molecule has 0 heterocycles. The Balaban J connectivity index is 2.63. The van der Waals surface area contributed by atoms with E-state index in [0.717, 1.165) is 5.57 Å². The minimum absolute atomic E-state index is 0.0362. The average molecular weight is 410 g/mol. The lowest BCUT2D eigenvalue weighted by Gasteiger charge is -2.25. The van der Waals surface area contributed by atoms with Crippen LogP contribution in [0.4, 0.5) is 4.79 Å². The SMILES string of the molecule is CC(C)C[C@H](NC(=O)OC(C)(C)C)C(=O)N[C@@H](C)C(=O)NC1C=CC(CO)=CC1. The van der Waals surface area contributed by atoms with Gasteiger partial charge < -0.3 is 25.8 Å². The van der Waals surface area contributed by atoms with Gasteiger partial charge in [-0.05, 0) is 52.0 Å². The molecule has 4 N–H and O–H groups in total. The summed E-state index contributed by atoms with van der Waals surface area (Å²) >= 11 is 0. The Morgan fingerprint density at radius 3 is 2.31 bits per heavy atom. The minimum Gasteiger partial charge on any atom is -0.444 e. The van der Waals surface area contributed by atoms with Crippen molar-refractivity contribution in [1.29, 1.82) is 0 Å². The number of hydrogen-bond acceptors (Lipinski definition) is 5. The molecule has 1 unspecified atom stereocenters. The summed E-state index contributed by atoms with van der Waals surface area (Å²) in [4.78, 5) is 37.1. The Hall–Kier alpha value is -2.35. The number of rotatable bonds is 8. The highest BCUT2D eigenvalue weighted by Gasteiger charge is 2.27. The zero-order chi connectivity index (χ0) is 22.2. The fourth-order valence-corrected chi connectivity index (χ4v) is 2.73. The van der Waals surface area contributed by atoms with Gasteiger partial charge in [-0.3, -0.25) is 9.59 Å². The second-order valence-electron chi connectivity index (χ2n) is 8.71. The monoisotopic (exact) mass is 409 g/mol. The first-order valence-corrected chi connectivity index (χ1v) is 9.99. The van der Waals surface area contributed by atoms with Crippen molar-refractivity contribution in [3.05, 3.63) is 23.8 Å². The lowest BCUT2D eigenvalue weighted by Crippen LogP contribution is -2.54. The first-order chi connectivity index (χ1) is 13.4. The maximum absolute atomic E-state index is 12.7. The molecule has 0 saturated heterocycles. The molecule has 1 aliphatic carbocycles. The number of amides is 3. The smallest absolute Gasteiger partial charge is 0.408 e. The number of nitrogens with one attached hydrogen (secondary N) is 3. The molecule has 164 valence electrons. The zero-order valence-electron chi connectivity index (χ0n) is 18.2. The van der Waals surface area contributed by atoms with E-state index in [-0.39, 0.29) is 24.5 Å². The first kappa shape index (κ1) is 24.7. The first-order valence-electron chi connectivity index (χ1n) is 9.99. The van der Waals surface area contributed by atoms with E-state index in [9.17, 15) is 14.4 Å². The molecule has 0 fully saturated rings. The van der Waals surface area contributed by atoms with Crippen molar-refractivity contribution in [2.24, 2.45) is 5.92 Å². The van der Waals surface area contributed by atoms with E-state index in [1.54, 1.807) is 33.8 Å². The second-order valence-corrected chi connectivity index (χ2v) is 8.71. The summed E-state index contributed by atoms with van der Waals surface area (Å²) < 4.78 is 5.23. The predicted molar refractivity (Wildman–Crippen MR) is 111 cm³/mol. The van der Waals surface area contributed by atoms with Gasteiger partial charge in [0.1, 0.15) is 17.7 Å². The molecule has 1 aliphatic rings. The number of aliphatic hydroxyl groups excluding tert-OH is 1. The highest BCUT2D eigenvalue weighted by molar-refractivity contribution is 5.91. The van der Waals surface area contributed by atoms with Gasteiger partial charge in [0, 0.05) is 0 Å². The normalized spacial score (nSPS) is 18.5. The van der Waals surface area contributed by atoms with E-state index in [4.69, 9.17) is 9.84 Å². The number of ether oxygens (including phenoxy) is 1. The van der Waals surface area contributed by atoms with Crippen molar-refractivity contribution in [2.45, 2.75) is 78.1 Å². The molecule has 0 aromatic rings. The van der Waals surface area contributed by atoms with Crippen molar-refractivity contribution in [2.75, 3.05) is 6.61 Å². The van der Waals surface area contributed by atoms with Crippen LogP contribution in [0.2, 0.25) is 0 Å². The number of aliphatic hydroxyl groups is 1. The summed E-state index contributed by atoms with van der Waals surface area (Å²) in [6, 6.07) is -1.76. The zero-order valence-corrected chi connectivity index (χ0v) is 18.2. The molecular weight excluding hydrogens is 374 g/mol. The Labute approximate surface area is 173 Å². The fourth-order valence-electron chi connectivity index (χ4n) is 2.73. The molecule has 0 radical (unpaired) electrons. The molecular formula is C21H35N3O5. The maximum Gasteiger partial charge on any atom is 0.408 e. The second kappa shape index (κ2) is 11.0. The Morgan fingerprint density at radius 2 is 1.83 bits per heavy atom. The van der Waals surface area contributed by atoms with Gasteiger partial charge in [-0.1, -0.05) is 32.1 Å². The molecule has 0 aromatic heterocycles. The number of carbonyl (C=O) groups excluding carboxylic acids is 3. The summed E-state index contributed by atoms with van der Waals surface area (Å²) in [5.41, 5.74) is 0.134. The summed E-state index contributed by atoms with van der Waals surface area (Å²) in [6.07, 6.45) is 5.76. The van der Waals surface area contributed by atoms with Crippen LogP contribution in [0.1, 0.15) is 54.4 Å². The fraction of sp³-hybridized carbons (Fsp3) is 0.667. The Morgan fingerprint density at radius 1 is 1.17 bits per heavy atom. The highest BCUT2D eigenvalue weighted by Crippen LogP contribution is 2.11. The van der Waals surface area contributed by atoms with Crippen LogP contribution < -0.4 is 16.0 Å². The van der Waals surface area contributed by atoms with Crippen LogP contribution in [0, 0.1) is 5.92 Å². The van der Waals surface area contributed by atoms with Gasteiger partial charge in [0.2, 0.25) is 11.8 Å². The van der Waals surface area contributed by atoms with Gasteiger partial charge in [0.15, 0.2) is 0 Å². The van der Waals surface area contributed by atoms with Crippen LogP contribution in [0.5, 0.6) is 0 Å². The summed E-state index contributed by atoms with van der Waals surface area (Å²) in [5.74, 6) is -0.604. The van der Waals surface area contributed by atoms with Crippen LogP contribution >= 0.6 is 0 Å². The van der Waals surface area contributed by atoms with Crippen molar-refractivity contribution >= 4 is 17.9 Å². The van der Waals surface area contributed by atoms with Crippen molar-refractivity contribution < 1.29 is 24.2 Å². The molecule has 8 heteroatoms. The van der Waals surface area contributed by atoms with E-state index in [0.29, 0.717) is 12.8 Å². The highest BCUT2D eigenvalue weighted by atomic mass is 16.6. The molecule has 0 aliphatic heterocycles. The molecule has 3 atom stereocenters. The lowest BCUT2D eigenvalue weighted by molar-refractivity contribution is -0.130. The molecule has 0 saturated carbocycles. The summed E-state index contributed by atoms with van der Waals surface area (Å²) in [5, 5.41) is 17.2. The van der Waals surface area contributed by atoms with Gasteiger partial charge in [-0.25, -0.2) is 4.79 Å². The van der Waals surface area contributed by atoms with E-state index < -0.39 is 29.7 Å². The third kappa shape index (κ3) is 9.60. The van der Waals surface area contributed by atoms with E-state index in [1.807, 2.05) is 26.0 Å². The number of carbonyl (C=O) groups is 3. The Bertz CT molecular complexity index is 649. The minimum atomic E-state index is -0.801. The maximum atomic E-state index is 12.7.